The van der Waals surface area contributed by atoms with Crippen LogP contribution in [0.5, 0.6) is 0 Å². The second-order valence-electron chi connectivity index (χ2n) is 9.02. The number of hydrogen-bond donors (Lipinski definition) is 1. The number of hydrogen-bond acceptors (Lipinski definition) is 4. The standard InChI is InChI=1S/C24H35N3O3S/c1-4-18-14-19-21(31-18)15-20-22(28)27(12-9-13-30-5-2)24(3,16-26(19)20)23(29)25-17-10-7-6-8-11-17/h14-15,17H,4-13,16H2,1-3H3,(H,25,29). The van der Waals surface area contributed by atoms with Gasteiger partial charge in [-0.25, -0.2) is 0 Å². The van der Waals surface area contributed by atoms with E-state index < -0.39 is 5.54 Å². The van der Waals surface area contributed by atoms with E-state index in [4.69, 9.17) is 4.74 Å². The Balaban J connectivity index is 1.65. The SMILES string of the molecule is CCOCCCN1C(=O)c2cc3sc(CC)cc3n2CC1(C)C(=O)NC1CCCCC1. The number of ether oxygens (including phenoxy) is 1. The van der Waals surface area contributed by atoms with Gasteiger partial charge in [-0.2, -0.15) is 0 Å². The fourth-order valence-corrected chi connectivity index (χ4v) is 6.01. The van der Waals surface area contributed by atoms with Crippen molar-refractivity contribution < 1.29 is 14.3 Å². The summed E-state index contributed by atoms with van der Waals surface area (Å²) in [5.74, 6) is -0.0758. The Labute approximate surface area is 188 Å². The summed E-state index contributed by atoms with van der Waals surface area (Å²) in [6.07, 6.45) is 7.33. The molecule has 3 heterocycles. The van der Waals surface area contributed by atoms with Crippen molar-refractivity contribution >= 4 is 33.4 Å². The normalized spacial score (nSPS) is 22.2. The molecule has 170 valence electrons. The lowest BCUT2D eigenvalue weighted by Gasteiger charge is -2.45. The maximum atomic E-state index is 13.6. The van der Waals surface area contributed by atoms with Gasteiger partial charge in [-0.05, 0) is 51.7 Å². The number of fused-ring (bicyclic) bond motifs is 3. The first kappa shape index (κ1) is 22.3. The van der Waals surface area contributed by atoms with Crippen LogP contribution in [0, 0.1) is 0 Å². The van der Waals surface area contributed by atoms with Crippen LogP contribution in [0.2, 0.25) is 0 Å². The van der Waals surface area contributed by atoms with E-state index in [0.29, 0.717) is 32.0 Å². The van der Waals surface area contributed by atoms with Crippen molar-refractivity contribution in [3.8, 4) is 0 Å². The minimum Gasteiger partial charge on any atom is -0.382 e. The van der Waals surface area contributed by atoms with Crippen LogP contribution >= 0.6 is 11.3 Å². The van der Waals surface area contributed by atoms with Gasteiger partial charge in [0.15, 0.2) is 0 Å². The summed E-state index contributed by atoms with van der Waals surface area (Å²) in [5.41, 5.74) is 0.868. The molecule has 1 N–H and O–H groups in total. The number of amides is 2. The molecule has 1 unspecified atom stereocenters. The van der Waals surface area contributed by atoms with Gasteiger partial charge in [-0.15, -0.1) is 11.3 Å². The van der Waals surface area contributed by atoms with Gasteiger partial charge in [0.25, 0.3) is 5.91 Å². The largest absolute Gasteiger partial charge is 0.382 e. The Morgan fingerprint density at radius 3 is 2.74 bits per heavy atom. The highest BCUT2D eigenvalue weighted by Gasteiger charge is 2.48. The van der Waals surface area contributed by atoms with Crippen molar-refractivity contribution in [2.75, 3.05) is 19.8 Å². The van der Waals surface area contributed by atoms with E-state index in [1.165, 1.54) is 11.3 Å². The van der Waals surface area contributed by atoms with Gasteiger partial charge in [-0.3, -0.25) is 9.59 Å². The summed E-state index contributed by atoms with van der Waals surface area (Å²) in [5, 5.41) is 3.29. The molecule has 0 radical (unpaired) electrons. The zero-order chi connectivity index (χ0) is 22.0. The Morgan fingerprint density at radius 2 is 2.03 bits per heavy atom. The van der Waals surface area contributed by atoms with Crippen molar-refractivity contribution in [3.63, 3.8) is 0 Å². The van der Waals surface area contributed by atoms with Crippen molar-refractivity contribution in [1.29, 1.82) is 0 Å². The molecular weight excluding hydrogens is 410 g/mol. The van der Waals surface area contributed by atoms with Gasteiger partial charge in [0.05, 0.1) is 16.8 Å². The monoisotopic (exact) mass is 445 g/mol. The van der Waals surface area contributed by atoms with Crippen LogP contribution in [-0.2, 0) is 22.5 Å². The zero-order valence-corrected chi connectivity index (χ0v) is 19.9. The van der Waals surface area contributed by atoms with Crippen molar-refractivity contribution in [3.05, 3.63) is 22.7 Å². The highest BCUT2D eigenvalue weighted by atomic mass is 32.1. The average molecular weight is 446 g/mol. The number of aryl methyl sites for hydroxylation is 1. The molecule has 1 aliphatic heterocycles. The fourth-order valence-electron chi connectivity index (χ4n) is 4.97. The van der Waals surface area contributed by atoms with E-state index in [1.54, 1.807) is 16.2 Å². The van der Waals surface area contributed by atoms with E-state index in [0.717, 1.165) is 48.7 Å². The van der Waals surface area contributed by atoms with Crippen LogP contribution in [0.1, 0.15) is 74.7 Å². The summed E-state index contributed by atoms with van der Waals surface area (Å²) in [6, 6.07) is 4.41. The molecule has 2 aromatic heterocycles. The molecule has 7 heteroatoms. The summed E-state index contributed by atoms with van der Waals surface area (Å²) in [7, 11) is 0. The van der Waals surface area contributed by atoms with Crippen LogP contribution in [0.25, 0.3) is 10.2 Å². The van der Waals surface area contributed by atoms with Gasteiger partial charge < -0.3 is 19.5 Å². The predicted octanol–water partition coefficient (Wildman–Crippen LogP) is 4.36. The summed E-state index contributed by atoms with van der Waals surface area (Å²) in [6.45, 7) is 8.32. The van der Waals surface area contributed by atoms with Crippen molar-refractivity contribution in [2.45, 2.75) is 83.8 Å². The Morgan fingerprint density at radius 1 is 1.26 bits per heavy atom. The number of carbonyl (C=O) groups excluding carboxylic acids is 2. The van der Waals surface area contributed by atoms with E-state index in [9.17, 15) is 9.59 Å². The third-order valence-corrected chi connectivity index (χ3v) is 8.03. The van der Waals surface area contributed by atoms with E-state index in [2.05, 4.69) is 22.9 Å². The lowest BCUT2D eigenvalue weighted by atomic mass is 9.91. The molecule has 0 saturated heterocycles. The minimum absolute atomic E-state index is 0.0254. The first-order valence-electron chi connectivity index (χ1n) is 11.8. The average Bonchev–Trinajstić information content (AvgIpc) is 3.32. The summed E-state index contributed by atoms with van der Waals surface area (Å²) in [4.78, 5) is 30.3. The van der Waals surface area contributed by atoms with Gasteiger partial charge in [0.2, 0.25) is 5.91 Å². The summed E-state index contributed by atoms with van der Waals surface area (Å²) < 4.78 is 8.71. The predicted molar refractivity (Wildman–Crippen MR) is 125 cm³/mol. The number of carbonyl (C=O) groups is 2. The third-order valence-electron chi connectivity index (χ3n) is 6.82. The topological polar surface area (TPSA) is 63.6 Å². The third kappa shape index (κ3) is 4.27. The van der Waals surface area contributed by atoms with Gasteiger partial charge in [0, 0.05) is 30.7 Å². The molecule has 2 aliphatic rings. The smallest absolute Gasteiger partial charge is 0.271 e. The van der Waals surface area contributed by atoms with Crippen LogP contribution < -0.4 is 5.32 Å². The van der Waals surface area contributed by atoms with Gasteiger partial charge in [-0.1, -0.05) is 26.2 Å². The second kappa shape index (κ2) is 9.33. The lowest BCUT2D eigenvalue weighted by molar-refractivity contribution is -0.133. The molecule has 1 atom stereocenters. The Bertz CT molecular complexity index is 943. The number of nitrogens with zero attached hydrogens (tertiary/aromatic N) is 2. The molecule has 31 heavy (non-hydrogen) atoms. The van der Waals surface area contributed by atoms with Crippen molar-refractivity contribution in [1.82, 2.24) is 14.8 Å². The fraction of sp³-hybridized carbons (Fsp3) is 0.667. The molecular formula is C24H35N3O3S. The number of rotatable bonds is 8. The molecule has 0 bridgehead atoms. The molecule has 4 rings (SSSR count). The highest BCUT2D eigenvalue weighted by molar-refractivity contribution is 7.19. The van der Waals surface area contributed by atoms with Crippen LogP contribution in [0.3, 0.4) is 0 Å². The lowest BCUT2D eigenvalue weighted by Crippen LogP contribution is -2.65. The molecule has 6 nitrogen and oxygen atoms in total. The minimum atomic E-state index is -0.909. The molecule has 0 spiro atoms. The van der Waals surface area contributed by atoms with Crippen LogP contribution in [-0.4, -0.2) is 52.6 Å². The molecule has 0 aromatic carbocycles. The Hall–Kier alpha value is -1.86. The van der Waals surface area contributed by atoms with Gasteiger partial charge >= 0.3 is 0 Å². The van der Waals surface area contributed by atoms with Crippen LogP contribution in [0.4, 0.5) is 0 Å². The molecule has 1 saturated carbocycles. The Kier molecular flexibility index (Phi) is 6.72. The highest BCUT2D eigenvalue weighted by Crippen LogP contribution is 2.36. The number of thiophene rings is 1. The van der Waals surface area contributed by atoms with Crippen molar-refractivity contribution in [2.24, 2.45) is 0 Å². The van der Waals surface area contributed by atoms with E-state index in [1.807, 2.05) is 19.9 Å². The quantitative estimate of drug-likeness (QED) is 0.614. The van der Waals surface area contributed by atoms with E-state index >= 15 is 0 Å². The van der Waals surface area contributed by atoms with Crippen LogP contribution in [0.15, 0.2) is 12.1 Å². The van der Waals surface area contributed by atoms with E-state index in [-0.39, 0.29) is 17.9 Å². The maximum Gasteiger partial charge on any atom is 0.271 e. The maximum absolute atomic E-state index is 13.6. The first-order chi connectivity index (χ1) is 15.0. The molecule has 2 aromatic rings. The number of nitrogens with one attached hydrogen (secondary N) is 1. The second-order valence-corrected chi connectivity index (χ2v) is 10.2. The first-order valence-corrected chi connectivity index (χ1v) is 12.6. The molecule has 2 amide bonds. The zero-order valence-electron chi connectivity index (χ0n) is 19.0. The molecule has 1 aliphatic carbocycles. The summed E-state index contributed by atoms with van der Waals surface area (Å²) >= 11 is 1.74. The van der Waals surface area contributed by atoms with Gasteiger partial charge in [0.1, 0.15) is 11.2 Å². The molecule has 1 fully saturated rings. The number of aromatic nitrogens is 1.